The molecule has 2 aliphatic carbocycles. The smallest absolute Gasteiger partial charge is 0.305 e. The normalized spacial score (nSPS) is 30.7. The second kappa shape index (κ2) is 10.6. The number of rotatable bonds is 4. The van der Waals surface area contributed by atoms with Gasteiger partial charge in [0.05, 0.1) is 19.3 Å². The van der Waals surface area contributed by atoms with Crippen LogP contribution in [0, 0.1) is 11.8 Å². The molecule has 0 unspecified atom stereocenters. The standard InChI is InChI=1S/C9H16O3.C8H15NO2/c1-12-9(11)6-7-2-4-8(10)5-3-7;9-8(11)5-6-1-3-7(10)4-2-6/h7-8,10H,2-6H2,1H3;6-7,10H,1-5H2,(H2,9,11). The highest BCUT2D eigenvalue weighted by Crippen LogP contribution is 2.27. The first-order valence-electron chi connectivity index (χ1n) is 8.62. The molecule has 0 saturated heterocycles. The monoisotopic (exact) mass is 329 g/mol. The Morgan fingerprint density at radius 1 is 0.870 bits per heavy atom. The Morgan fingerprint density at radius 2 is 1.26 bits per heavy atom. The Kier molecular flexibility index (Phi) is 9.17. The molecular formula is C17H31NO5. The molecule has 0 radical (unpaired) electrons. The molecule has 4 N–H and O–H groups in total. The van der Waals surface area contributed by atoms with E-state index in [-0.39, 0.29) is 24.1 Å². The van der Waals surface area contributed by atoms with Crippen molar-refractivity contribution in [2.75, 3.05) is 7.11 Å². The van der Waals surface area contributed by atoms with Gasteiger partial charge in [0, 0.05) is 12.8 Å². The molecule has 0 atom stereocenters. The maximum atomic E-state index is 10.9. The van der Waals surface area contributed by atoms with Crippen molar-refractivity contribution >= 4 is 11.9 Å². The zero-order valence-corrected chi connectivity index (χ0v) is 14.1. The van der Waals surface area contributed by atoms with E-state index in [0.29, 0.717) is 24.7 Å². The number of nitrogens with two attached hydrogens (primary N) is 1. The number of carbonyl (C=O) groups is 2. The molecule has 2 rings (SSSR count). The number of aliphatic hydroxyl groups is 2. The van der Waals surface area contributed by atoms with Gasteiger partial charge < -0.3 is 20.7 Å². The molecule has 0 aromatic rings. The van der Waals surface area contributed by atoms with Crippen LogP contribution in [0.3, 0.4) is 0 Å². The summed E-state index contributed by atoms with van der Waals surface area (Å²) in [6, 6.07) is 0. The Bertz CT molecular complexity index is 358. The van der Waals surface area contributed by atoms with E-state index in [1.54, 1.807) is 0 Å². The van der Waals surface area contributed by atoms with Gasteiger partial charge in [0.1, 0.15) is 0 Å². The second-order valence-corrected chi connectivity index (χ2v) is 6.80. The summed E-state index contributed by atoms with van der Waals surface area (Å²) in [6.45, 7) is 0. The molecule has 6 nitrogen and oxygen atoms in total. The van der Waals surface area contributed by atoms with Crippen molar-refractivity contribution in [1.29, 1.82) is 0 Å². The van der Waals surface area contributed by atoms with Gasteiger partial charge in [0.25, 0.3) is 0 Å². The number of primary amides is 1. The van der Waals surface area contributed by atoms with E-state index in [1.807, 2.05) is 0 Å². The fourth-order valence-electron chi connectivity index (χ4n) is 3.30. The van der Waals surface area contributed by atoms with Crippen LogP contribution in [0.4, 0.5) is 0 Å². The van der Waals surface area contributed by atoms with Crippen molar-refractivity contribution in [3.63, 3.8) is 0 Å². The topological polar surface area (TPSA) is 110 Å². The minimum absolute atomic E-state index is 0.128. The van der Waals surface area contributed by atoms with Crippen LogP contribution < -0.4 is 5.73 Å². The third kappa shape index (κ3) is 8.91. The highest BCUT2D eigenvalue weighted by molar-refractivity contribution is 5.74. The number of carbonyl (C=O) groups excluding carboxylic acids is 2. The first-order chi connectivity index (χ1) is 10.9. The Labute approximate surface area is 138 Å². The Hall–Kier alpha value is -1.14. The maximum absolute atomic E-state index is 10.9. The quantitative estimate of drug-likeness (QED) is 0.677. The lowest BCUT2D eigenvalue weighted by molar-refractivity contribution is -0.142. The molecule has 0 aliphatic heterocycles. The molecule has 134 valence electrons. The van der Waals surface area contributed by atoms with Crippen LogP contribution in [0.5, 0.6) is 0 Å². The number of ether oxygens (including phenoxy) is 1. The fraction of sp³-hybridized carbons (Fsp3) is 0.882. The molecule has 0 aromatic carbocycles. The summed E-state index contributed by atoms with van der Waals surface area (Å²) >= 11 is 0. The minimum atomic E-state index is -0.216. The molecule has 0 heterocycles. The van der Waals surface area contributed by atoms with Gasteiger partial charge in [-0.2, -0.15) is 0 Å². The molecule has 0 spiro atoms. The van der Waals surface area contributed by atoms with Gasteiger partial charge in [-0.1, -0.05) is 0 Å². The number of aliphatic hydroxyl groups excluding tert-OH is 2. The van der Waals surface area contributed by atoms with Crippen molar-refractivity contribution < 1.29 is 24.5 Å². The van der Waals surface area contributed by atoms with Crippen LogP contribution >= 0.6 is 0 Å². The minimum Gasteiger partial charge on any atom is -0.469 e. The molecular weight excluding hydrogens is 298 g/mol. The lowest BCUT2D eigenvalue weighted by Gasteiger charge is -2.24. The van der Waals surface area contributed by atoms with E-state index in [1.165, 1.54) is 7.11 Å². The maximum Gasteiger partial charge on any atom is 0.305 e. The summed E-state index contributed by atoms with van der Waals surface area (Å²) in [5, 5.41) is 18.3. The summed E-state index contributed by atoms with van der Waals surface area (Å²) in [5.74, 6) is 0.513. The average molecular weight is 329 g/mol. The third-order valence-corrected chi connectivity index (χ3v) is 4.81. The molecule has 23 heavy (non-hydrogen) atoms. The number of esters is 1. The average Bonchev–Trinajstić information content (AvgIpc) is 2.52. The van der Waals surface area contributed by atoms with Crippen LogP contribution in [0.25, 0.3) is 0 Å². The van der Waals surface area contributed by atoms with E-state index < -0.39 is 0 Å². The van der Waals surface area contributed by atoms with E-state index >= 15 is 0 Å². The first kappa shape index (κ1) is 19.9. The molecule has 0 aromatic heterocycles. The van der Waals surface area contributed by atoms with Crippen LogP contribution in [-0.4, -0.2) is 41.4 Å². The number of amides is 1. The molecule has 1 amide bonds. The summed E-state index contributed by atoms with van der Waals surface area (Å²) in [5.41, 5.74) is 5.06. The number of methoxy groups -OCH3 is 1. The van der Waals surface area contributed by atoms with Crippen LogP contribution in [0.2, 0.25) is 0 Å². The molecule has 0 bridgehead atoms. The van der Waals surface area contributed by atoms with Crippen molar-refractivity contribution in [3.8, 4) is 0 Å². The van der Waals surface area contributed by atoms with Gasteiger partial charge in [-0.15, -0.1) is 0 Å². The van der Waals surface area contributed by atoms with Crippen molar-refractivity contribution in [2.24, 2.45) is 17.6 Å². The predicted octanol–water partition coefficient (Wildman–Crippen LogP) is 1.51. The largest absolute Gasteiger partial charge is 0.469 e. The SMILES string of the molecule is COC(=O)CC1CCC(O)CC1.NC(=O)CC1CCC(O)CC1. The summed E-state index contributed by atoms with van der Waals surface area (Å²) in [6.07, 6.45) is 7.87. The van der Waals surface area contributed by atoms with Crippen molar-refractivity contribution in [3.05, 3.63) is 0 Å². The van der Waals surface area contributed by atoms with Gasteiger partial charge in [0.2, 0.25) is 5.91 Å². The van der Waals surface area contributed by atoms with Crippen LogP contribution in [0.15, 0.2) is 0 Å². The summed E-state index contributed by atoms with van der Waals surface area (Å²) in [4.78, 5) is 21.4. The van der Waals surface area contributed by atoms with Crippen LogP contribution in [-0.2, 0) is 14.3 Å². The highest BCUT2D eigenvalue weighted by atomic mass is 16.5. The Morgan fingerprint density at radius 3 is 1.61 bits per heavy atom. The van der Waals surface area contributed by atoms with E-state index in [4.69, 9.17) is 10.8 Å². The van der Waals surface area contributed by atoms with E-state index in [2.05, 4.69) is 4.74 Å². The van der Waals surface area contributed by atoms with E-state index in [9.17, 15) is 14.7 Å². The van der Waals surface area contributed by atoms with Crippen LogP contribution in [0.1, 0.15) is 64.2 Å². The third-order valence-electron chi connectivity index (χ3n) is 4.81. The first-order valence-corrected chi connectivity index (χ1v) is 8.62. The zero-order chi connectivity index (χ0) is 17.2. The number of hydrogen-bond donors (Lipinski definition) is 3. The van der Waals surface area contributed by atoms with Gasteiger partial charge in [-0.05, 0) is 63.2 Å². The molecule has 2 fully saturated rings. The molecule has 2 aliphatic rings. The van der Waals surface area contributed by atoms with Crippen molar-refractivity contribution in [1.82, 2.24) is 0 Å². The van der Waals surface area contributed by atoms with Gasteiger partial charge in [-0.3, -0.25) is 9.59 Å². The molecule has 2 saturated carbocycles. The lowest BCUT2D eigenvalue weighted by atomic mass is 9.85. The lowest BCUT2D eigenvalue weighted by Crippen LogP contribution is -2.23. The second-order valence-electron chi connectivity index (χ2n) is 6.80. The predicted molar refractivity (Wildman–Crippen MR) is 86.4 cm³/mol. The highest BCUT2D eigenvalue weighted by Gasteiger charge is 2.22. The van der Waals surface area contributed by atoms with Gasteiger partial charge >= 0.3 is 5.97 Å². The molecule has 6 heteroatoms. The summed E-state index contributed by atoms with van der Waals surface area (Å²) in [7, 11) is 1.42. The Balaban J connectivity index is 0.000000231. The van der Waals surface area contributed by atoms with E-state index in [0.717, 1.165) is 51.4 Å². The van der Waals surface area contributed by atoms with Gasteiger partial charge in [0.15, 0.2) is 0 Å². The van der Waals surface area contributed by atoms with Gasteiger partial charge in [-0.25, -0.2) is 0 Å². The zero-order valence-electron chi connectivity index (χ0n) is 14.1. The van der Waals surface area contributed by atoms with Crippen molar-refractivity contribution in [2.45, 2.75) is 76.4 Å². The number of hydrogen-bond acceptors (Lipinski definition) is 5. The summed E-state index contributed by atoms with van der Waals surface area (Å²) < 4.78 is 4.58. The fourth-order valence-corrected chi connectivity index (χ4v) is 3.30.